The first-order valence-electron chi connectivity index (χ1n) is 6.29. The number of hydrogen-bond donors (Lipinski definition) is 0. The van der Waals surface area contributed by atoms with Crippen LogP contribution >= 0.6 is 22.9 Å². The molecule has 2 heterocycles. The van der Waals surface area contributed by atoms with Crippen LogP contribution in [0.25, 0.3) is 10.1 Å². The Labute approximate surface area is 129 Å². The normalized spacial score (nSPS) is 11.2. The Morgan fingerprint density at radius 3 is 2.67 bits per heavy atom. The Hall–Kier alpha value is -1.92. The fourth-order valence-electron chi connectivity index (χ4n) is 2.26. The summed E-state index contributed by atoms with van der Waals surface area (Å²) >= 11 is 7.23. The number of halogens is 1. The quantitative estimate of drug-likeness (QED) is 0.727. The van der Waals surface area contributed by atoms with Crippen LogP contribution in [0.1, 0.15) is 11.3 Å². The van der Waals surface area contributed by atoms with Crippen molar-refractivity contribution in [2.24, 2.45) is 7.05 Å². The summed E-state index contributed by atoms with van der Waals surface area (Å²) in [6.07, 6.45) is 0. The van der Waals surface area contributed by atoms with Crippen LogP contribution in [0.2, 0.25) is 5.15 Å². The molecule has 3 rings (SSSR count). The van der Waals surface area contributed by atoms with Gasteiger partial charge in [-0.15, -0.1) is 0 Å². The molecule has 0 fully saturated rings. The monoisotopic (exact) mass is 321 g/mol. The Bertz CT molecular complexity index is 955. The lowest BCUT2D eigenvalue weighted by molar-refractivity contribution is 0.745. The summed E-state index contributed by atoms with van der Waals surface area (Å²) in [6.45, 7) is 1.94. The second kappa shape index (κ2) is 5.13. The zero-order chi connectivity index (χ0) is 15.1. The Kier molecular flexibility index (Phi) is 3.43. The van der Waals surface area contributed by atoms with Crippen LogP contribution in [0.15, 0.2) is 33.9 Å². The average Bonchev–Trinajstić information content (AvgIpc) is 2.69. The van der Waals surface area contributed by atoms with E-state index in [2.05, 4.69) is 5.10 Å². The summed E-state index contributed by atoms with van der Waals surface area (Å²) < 4.78 is 3.44. The van der Waals surface area contributed by atoms with Crippen molar-refractivity contribution in [1.82, 2.24) is 14.3 Å². The molecule has 108 valence electrons. The second-order valence-corrected chi connectivity index (χ2v) is 6.09. The molecule has 0 spiro atoms. The van der Waals surface area contributed by atoms with Gasteiger partial charge in [0.2, 0.25) is 0 Å². The molecule has 0 saturated carbocycles. The molecular weight excluding hydrogens is 310 g/mol. The van der Waals surface area contributed by atoms with Gasteiger partial charge in [0.1, 0.15) is 5.15 Å². The van der Waals surface area contributed by atoms with E-state index < -0.39 is 0 Å². The van der Waals surface area contributed by atoms with Gasteiger partial charge < -0.3 is 0 Å². The highest BCUT2D eigenvalue weighted by Gasteiger charge is 2.15. The van der Waals surface area contributed by atoms with Gasteiger partial charge in [-0.25, -0.2) is 0 Å². The van der Waals surface area contributed by atoms with E-state index in [9.17, 15) is 9.59 Å². The Morgan fingerprint density at radius 1 is 1.29 bits per heavy atom. The third-order valence-electron chi connectivity index (χ3n) is 3.37. The van der Waals surface area contributed by atoms with E-state index in [-0.39, 0.29) is 17.0 Å². The van der Waals surface area contributed by atoms with Crippen LogP contribution in [0.5, 0.6) is 0 Å². The molecule has 0 aliphatic heterocycles. The van der Waals surface area contributed by atoms with Crippen molar-refractivity contribution in [2.45, 2.75) is 13.5 Å². The molecule has 7 heteroatoms. The average molecular weight is 322 g/mol. The van der Waals surface area contributed by atoms with Gasteiger partial charge in [0, 0.05) is 17.3 Å². The summed E-state index contributed by atoms with van der Waals surface area (Å²) in [6, 6.07) is 7.09. The van der Waals surface area contributed by atoms with Crippen molar-refractivity contribution in [2.75, 3.05) is 0 Å². The summed E-state index contributed by atoms with van der Waals surface area (Å²) in [4.78, 5) is 24.4. The van der Waals surface area contributed by atoms with E-state index in [0.717, 1.165) is 11.3 Å². The van der Waals surface area contributed by atoms with Gasteiger partial charge in [-0.1, -0.05) is 35.1 Å². The Morgan fingerprint density at radius 2 is 2.00 bits per heavy atom. The number of benzene rings is 1. The van der Waals surface area contributed by atoms with Crippen molar-refractivity contribution >= 4 is 33.0 Å². The number of rotatable bonds is 2. The molecule has 0 radical (unpaired) electrons. The number of aryl methyl sites for hydroxylation is 2. The molecule has 2 aromatic heterocycles. The van der Waals surface area contributed by atoms with E-state index in [4.69, 9.17) is 11.6 Å². The zero-order valence-corrected chi connectivity index (χ0v) is 13.0. The first-order chi connectivity index (χ1) is 9.99. The predicted molar refractivity (Wildman–Crippen MR) is 84.4 cm³/mol. The fraction of sp³-hybridized carbons (Fsp3) is 0.214. The minimum atomic E-state index is -0.298. The molecule has 3 aromatic rings. The second-order valence-electron chi connectivity index (χ2n) is 4.73. The van der Waals surface area contributed by atoms with Gasteiger partial charge in [0.15, 0.2) is 0 Å². The lowest BCUT2D eigenvalue weighted by Crippen LogP contribution is -2.31. The maximum atomic E-state index is 12.5. The largest absolute Gasteiger partial charge is 0.310 e. The Balaban J connectivity index is 2.22. The highest BCUT2D eigenvalue weighted by atomic mass is 35.5. The van der Waals surface area contributed by atoms with Crippen molar-refractivity contribution in [3.63, 3.8) is 0 Å². The summed E-state index contributed by atoms with van der Waals surface area (Å²) in [7, 11) is 1.72. The molecule has 5 nitrogen and oxygen atoms in total. The lowest BCUT2D eigenvalue weighted by Gasteiger charge is -2.05. The first-order valence-corrected chi connectivity index (χ1v) is 7.49. The summed E-state index contributed by atoms with van der Waals surface area (Å²) in [5.74, 6) is 0. The van der Waals surface area contributed by atoms with Crippen LogP contribution in [-0.4, -0.2) is 14.3 Å². The third kappa shape index (κ3) is 2.30. The molecule has 0 aliphatic carbocycles. The van der Waals surface area contributed by atoms with E-state index in [0.29, 0.717) is 26.5 Å². The summed E-state index contributed by atoms with van der Waals surface area (Å²) in [5, 5.41) is 5.18. The van der Waals surface area contributed by atoms with Crippen LogP contribution in [0, 0.1) is 6.92 Å². The SMILES string of the molecule is Cc1nn(C)c(Cl)c1Cn1c(=O)sc2ccccc2c1=O. The van der Waals surface area contributed by atoms with E-state index in [1.54, 1.807) is 32.2 Å². The van der Waals surface area contributed by atoms with Gasteiger partial charge >= 0.3 is 4.87 Å². The van der Waals surface area contributed by atoms with Crippen LogP contribution in [0.3, 0.4) is 0 Å². The molecule has 0 N–H and O–H groups in total. The van der Waals surface area contributed by atoms with Gasteiger partial charge in [-0.05, 0) is 19.1 Å². The molecule has 0 amide bonds. The van der Waals surface area contributed by atoms with Crippen molar-refractivity contribution in [3.8, 4) is 0 Å². The van der Waals surface area contributed by atoms with Gasteiger partial charge in [0.25, 0.3) is 5.56 Å². The zero-order valence-electron chi connectivity index (χ0n) is 11.5. The van der Waals surface area contributed by atoms with Crippen molar-refractivity contribution in [1.29, 1.82) is 0 Å². The minimum absolute atomic E-state index is 0.136. The maximum absolute atomic E-state index is 12.5. The molecular formula is C14H12ClN3O2S. The highest BCUT2D eigenvalue weighted by molar-refractivity contribution is 7.16. The topological polar surface area (TPSA) is 56.9 Å². The van der Waals surface area contributed by atoms with Crippen molar-refractivity contribution in [3.05, 3.63) is 60.7 Å². The predicted octanol–water partition coefficient (Wildman–Crippen LogP) is 2.17. The van der Waals surface area contributed by atoms with Crippen LogP contribution < -0.4 is 10.4 Å². The van der Waals surface area contributed by atoms with E-state index in [1.165, 1.54) is 9.25 Å². The van der Waals surface area contributed by atoms with E-state index in [1.807, 2.05) is 6.07 Å². The molecule has 21 heavy (non-hydrogen) atoms. The van der Waals surface area contributed by atoms with Gasteiger partial charge in [-0.2, -0.15) is 5.10 Å². The molecule has 1 aromatic carbocycles. The first kappa shape index (κ1) is 14.0. The molecule has 0 atom stereocenters. The maximum Gasteiger partial charge on any atom is 0.310 e. The number of fused-ring (bicyclic) bond motifs is 1. The molecule has 0 saturated heterocycles. The van der Waals surface area contributed by atoms with Crippen molar-refractivity contribution < 1.29 is 0 Å². The lowest BCUT2D eigenvalue weighted by atomic mass is 10.2. The number of nitrogens with zero attached hydrogens (tertiary/aromatic N) is 3. The molecule has 0 aliphatic rings. The van der Waals surface area contributed by atoms with Crippen LogP contribution in [0.4, 0.5) is 0 Å². The molecule has 0 bridgehead atoms. The third-order valence-corrected chi connectivity index (χ3v) is 4.81. The number of aromatic nitrogens is 3. The van der Waals surface area contributed by atoms with Gasteiger partial charge in [-0.3, -0.25) is 18.8 Å². The van der Waals surface area contributed by atoms with Crippen LogP contribution in [-0.2, 0) is 13.6 Å². The highest BCUT2D eigenvalue weighted by Crippen LogP contribution is 2.19. The van der Waals surface area contributed by atoms with Gasteiger partial charge in [0.05, 0.1) is 17.6 Å². The van der Waals surface area contributed by atoms with E-state index >= 15 is 0 Å². The standard InChI is InChI=1S/C14H12ClN3O2S/c1-8-10(12(15)17(2)16-8)7-18-13(19)9-5-3-4-6-11(9)21-14(18)20/h3-6H,7H2,1-2H3. The number of hydrogen-bond acceptors (Lipinski definition) is 4. The molecule has 0 unspecified atom stereocenters. The summed E-state index contributed by atoms with van der Waals surface area (Å²) in [5.41, 5.74) is 1.11. The minimum Gasteiger partial charge on any atom is -0.269 e. The fourth-order valence-corrected chi connectivity index (χ4v) is 3.35. The smallest absolute Gasteiger partial charge is 0.269 e.